The van der Waals surface area contributed by atoms with E-state index in [1.54, 1.807) is 40.9 Å². The normalized spacial score (nSPS) is 21.0. The molecule has 12 rings (SSSR count). The van der Waals surface area contributed by atoms with Crippen molar-refractivity contribution in [1.29, 1.82) is 0 Å². The van der Waals surface area contributed by atoms with Gasteiger partial charge in [-0.25, -0.2) is 4.39 Å². The minimum absolute atomic E-state index is 0.358. The van der Waals surface area contributed by atoms with E-state index in [1.165, 1.54) is 22.7 Å². The summed E-state index contributed by atoms with van der Waals surface area (Å²) < 4.78 is 59.7. The molecule has 1 spiro atoms. The number of nitrogens with zero attached hydrogens (tertiary/aromatic N) is 4. The van der Waals surface area contributed by atoms with E-state index in [0.717, 1.165) is 46.9 Å². The Kier molecular flexibility index (Phi) is 4.89. The van der Waals surface area contributed by atoms with E-state index >= 15 is 13.2 Å². The molecule has 0 saturated heterocycles. The molecule has 234 valence electrons. The molecule has 1 unspecified atom stereocenters. The minimum Gasteiger partial charge on any atom is -0.205 e. The van der Waals surface area contributed by atoms with Crippen LogP contribution >= 0.6 is 45.3 Å². The molecule has 4 nitrogen and oxygen atoms in total. The smallest absolute Gasteiger partial charge is 0.205 e. The zero-order valence-electron chi connectivity index (χ0n) is 25.3. The number of hydrogen-bond acceptors (Lipinski definition) is 4. The van der Waals surface area contributed by atoms with Gasteiger partial charge in [0.25, 0.3) is 11.4 Å². The van der Waals surface area contributed by atoms with Crippen LogP contribution in [0.1, 0.15) is 36.5 Å². The summed E-state index contributed by atoms with van der Waals surface area (Å²) in [4.78, 5) is 3.56. The van der Waals surface area contributed by atoms with Gasteiger partial charge in [0.2, 0.25) is 23.1 Å². The SMILES string of the molecule is Cc1cc2n3c1=C(c1cccs1)C1=[N+]4C(=C(c5cccs5)c5cc(F)c6n5C34[N+]3=C(C(F)=CC3=C6c3cccs3)C=2c2cccs2)C(F)=C1. The second-order valence-electron chi connectivity index (χ2n) is 12.6. The molecule has 0 amide bonds. The molecule has 11 heteroatoms. The topological polar surface area (TPSA) is 15.9 Å². The highest BCUT2D eigenvalue weighted by Crippen LogP contribution is 2.56. The molecule has 0 N–H and O–H groups in total. The first-order valence-corrected chi connectivity index (χ1v) is 19.2. The van der Waals surface area contributed by atoms with Crippen LogP contribution in [0.5, 0.6) is 0 Å². The van der Waals surface area contributed by atoms with Crippen LogP contribution in [-0.2, 0) is 5.91 Å². The Bertz CT molecular complexity index is 2880. The molecular weight excluding hydrogens is 698 g/mol. The van der Waals surface area contributed by atoms with Gasteiger partial charge in [-0.3, -0.25) is 0 Å². The Morgan fingerprint density at radius 3 is 1.90 bits per heavy atom. The summed E-state index contributed by atoms with van der Waals surface area (Å²) in [6.07, 6.45) is 3.18. The molecule has 0 aromatic carbocycles. The quantitative estimate of drug-likeness (QED) is 0.166. The van der Waals surface area contributed by atoms with E-state index in [-0.39, 0.29) is 0 Å². The third-order valence-electron chi connectivity index (χ3n) is 10.3. The Morgan fingerprint density at radius 2 is 1.27 bits per heavy atom. The van der Waals surface area contributed by atoms with Crippen molar-refractivity contribution < 1.29 is 22.3 Å². The first-order chi connectivity index (χ1) is 24.0. The summed E-state index contributed by atoms with van der Waals surface area (Å²) in [5.74, 6) is -2.69. The van der Waals surface area contributed by atoms with E-state index in [2.05, 4.69) is 23.6 Å². The van der Waals surface area contributed by atoms with Crippen LogP contribution < -0.4 is 10.7 Å². The average molecular weight is 717 g/mol. The molecule has 0 saturated carbocycles. The Hall–Kier alpha value is -4.81. The van der Waals surface area contributed by atoms with Crippen molar-refractivity contribution in [1.82, 2.24) is 9.13 Å². The van der Waals surface area contributed by atoms with Crippen LogP contribution in [0.4, 0.5) is 13.2 Å². The predicted molar refractivity (Wildman–Crippen MR) is 189 cm³/mol. The van der Waals surface area contributed by atoms with Gasteiger partial charge >= 0.3 is 5.91 Å². The lowest BCUT2D eigenvalue weighted by molar-refractivity contribution is -0.835. The van der Waals surface area contributed by atoms with Crippen LogP contribution in [0.3, 0.4) is 0 Å². The van der Waals surface area contributed by atoms with Gasteiger partial charge in [-0.2, -0.15) is 17.9 Å². The Balaban J connectivity index is 1.42. The second-order valence-corrected chi connectivity index (χ2v) is 16.4. The first-order valence-electron chi connectivity index (χ1n) is 15.6. The highest BCUT2D eigenvalue weighted by molar-refractivity contribution is 7.12. The molecule has 6 aliphatic heterocycles. The Morgan fingerprint density at radius 1 is 0.653 bits per heavy atom. The number of aryl methyl sites for hydroxylation is 1. The van der Waals surface area contributed by atoms with Crippen molar-refractivity contribution in [2.75, 3.05) is 0 Å². The number of thiophene rings is 4. The van der Waals surface area contributed by atoms with Gasteiger partial charge in [0.15, 0.2) is 0 Å². The summed E-state index contributed by atoms with van der Waals surface area (Å²) >= 11 is 6.14. The fourth-order valence-electron chi connectivity index (χ4n) is 8.80. The fraction of sp³-hybridized carbons (Fsp3) is 0.0526. The van der Waals surface area contributed by atoms with Crippen LogP contribution in [0.2, 0.25) is 0 Å². The number of rotatable bonds is 4. The number of hydrogen-bond donors (Lipinski definition) is 0. The van der Waals surface area contributed by atoms with Gasteiger partial charge in [0.1, 0.15) is 11.5 Å². The fourth-order valence-corrected chi connectivity index (χ4v) is 11.9. The van der Waals surface area contributed by atoms with E-state index < -0.39 is 23.4 Å². The molecule has 6 aliphatic rings. The number of halogens is 3. The largest absolute Gasteiger partial charge is 0.554 e. The molecule has 0 bridgehead atoms. The molecule has 12 heterocycles. The second kappa shape index (κ2) is 8.85. The summed E-state index contributed by atoms with van der Waals surface area (Å²) in [5.41, 5.74) is 6.75. The first kappa shape index (κ1) is 27.1. The van der Waals surface area contributed by atoms with Crippen molar-refractivity contribution in [3.63, 3.8) is 0 Å². The van der Waals surface area contributed by atoms with Crippen molar-refractivity contribution in [2.45, 2.75) is 12.8 Å². The molecule has 6 aromatic heterocycles. The summed E-state index contributed by atoms with van der Waals surface area (Å²) in [5, 5.41) is 9.65. The summed E-state index contributed by atoms with van der Waals surface area (Å²) in [7, 11) is 0. The zero-order chi connectivity index (χ0) is 32.5. The molecule has 0 radical (unpaired) electrons. The summed E-state index contributed by atoms with van der Waals surface area (Å²) in [6.45, 7) is 2.07. The summed E-state index contributed by atoms with van der Waals surface area (Å²) in [6, 6.07) is 19.5. The number of aromatic nitrogens is 2. The average Bonchev–Trinajstić information content (AvgIpc) is 3.93. The van der Waals surface area contributed by atoms with Gasteiger partial charge in [-0.05, 0) is 64.3 Å². The molecule has 1 atom stereocenters. The van der Waals surface area contributed by atoms with Crippen molar-refractivity contribution in [2.24, 2.45) is 0 Å². The minimum atomic E-state index is -1.44. The maximum atomic E-state index is 17.1. The van der Waals surface area contributed by atoms with Gasteiger partial charge in [0.05, 0.1) is 50.8 Å². The van der Waals surface area contributed by atoms with E-state index in [4.69, 9.17) is 0 Å². The maximum absolute atomic E-state index is 17.1. The van der Waals surface area contributed by atoms with E-state index in [9.17, 15) is 0 Å². The standard InChI is InChI=1S/C38H19F3N4S4/c1-18-14-22-31(27-7-3-11-47-27)35-20(40)16-24-33(29-9-5-13-49-29)37-21(41)17-25-32(28-8-4-12-48-28)36-19(39)15-23-30(26-6-2-10-46-26)34(18)42(22)38(43(23)36,44(24)35)45(25)37/h2-17H,1H3/q+2. The molecule has 49 heavy (non-hydrogen) atoms. The maximum Gasteiger partial charge on any atom is 0.554 e. The molecule has 6 aromatic rings. The molecular formula is C38H19F3N4S4+2. The van der Waals surface area contributed by atoms with E-state index in [0.29, 0.717) is 45.4 Å². The van der Waals surface area contributed by atoms with Crippen molar-refractivity contribution in [3.8, 4) is 0 Å². The predicted octanol–water partition coefficient (Wildman–Crippen LogP) is 7.71. The van der Waals surface area contributed by atoms with Gasteiger partial charge < -0.3 is 0 Å². The van der Waals surface area contributed by atoms with Gasteiger partial charge in [-0.15, -0.1) is 45.3 Å². The molecule has 0 aliphatic carbocycles. The third kappa shape index (κ3) is 2.89. The molecule has 0 fully saturated rings. The lowest BCUT2D eigenvalue weighted by Crippen LogP contribution is -2.71. The van der Waals surface area contributed by atoms with Crippen molar-refractivity contribution >= 4 is 79.1 Å². The van der Waals surface area contributed by atoms with Crippen molar-refractivity contribution in [3.05, 3.63) is 170 Å². The highest BCUT2D eigenvalue weighted by atomic mass is 32.1. The van der Waals surface area contributed by atoms with Crippen LogP contribution in [0.25, 0.3) is 22.3 Å². The van der Waals surface area contributed by atoms with Gasteiger partial charge in [0, 0.05) is 25.6 Å². The third-order valence-corrected chi connectivity index (χ3v) is 13.8. The Labute approximate surface area is 292 Å². The highest BCUT2D eigenvalue weighted by Gasteiger charge is 2.75. The lowest BCUT2D eigenvalue weighted by Gasteiger charge is -2.40. The van der Waals surface area contributed by atoms with Gasteiger partial charge in [-0.1, -0.05) is 33.4 Å². The van der Waals surface area contributed by atoms with Crippen LogP contribution in [-0.4, -0.2) is 29.7 Å². The zero-order valence-corrected chi connectivity index (χ0v) is 28.6. The van der Waals surface area contributed by atoms with Crippen LogP contribution in [0, 0.1) is 12.7 Å². The number of allylic oxidation sites excluding steroid dienone is 4. The van der Waals surface area contributed by atoms with Crippen LogP contribution in [0.15, 0.2) is 117 Å². The lowest BCUT2D eigenvalue weighted by atomic mass is 9.98. The monoisotopic (exact) mass is 716 g/mol. The van der Waals surface area contributed by atoms with E-state index in [1.807, 2.05) is 77.7 Å².